The molecule has 1 amide bonds. The molecular weight excluding hydrogens is 529 g/mol. The number of nitrogens with zero attached hydrogens (tertiary/aromatic N) is 1. The van der Waals surface area contributed by atoms with Crippen LogP contribution in [0.2, 0.25) is 0 Å². The summed E-state index contributed by atoms with van der Waals surface area (Å²) in [6.45, 7) is 7.13. The Hall–Kier alpha value is -3.13. The van der Waals surface area contributed by atoms with E-state index in [4.69, 9.17) is 9.47 Å². The zero-order valence-electron chi connectivity index (χ0n) is 20.9. The average Bonchev–Trinajstić information content (AvgIpc) is 3.40. The molecule has 3 aromatic rings. The van der Waals surface area contributed by atoms with Crippen LogP contribution in [0.4, 0.5) is 5.00 Å². The average molecular weight is 555 g/mol. The molecule has 1 N–H and O–H groups in total. The number of rotatable bonds is 8. The lowest BCUT2D eigenvalue weighted by Crippen LogP contribution is -2.23. The van der Waals surface area contributed by atoms with Gasteiger partial charge < -0.3 is 14.8 Å². The Morgan fingerprint density at radius 2 is 1.81 bits per heavy atom. The maximum atomic E-state index is 13.2. The standard InChI is InChI=1S/C27H26N2O5S3/c1-5-33-25(31)20-14(3)21(26(32)34-6-2)36-24(20)29-23(30)15(4)35-27-19(13-28)18-12-11-16-9-7-8-10-17(16)22(18)37-27/h7-10,15H,5-6,11-12H2,1-4H3,(H,29,30). The zero-order chi connectivity index (χ0) is 26.7. The van der Waals surface area contributed by atoms with Crippen LogP contribution >= 0.6 is 34.4 Å². The number of amides is 1. The van der Waals surface area contributed by atoms with Gasteiger partial charge in [-0.3, -0.25) is 4.79 Å². The molecule has 0 radical (unpaired) electrons. The fraction of sp³-hybridized carbons (Fsp3) is 0.333. The molecule has 0 bridgehead atoms. The highest BCUT2D eigenvalue weighted by molar-refractivity contribution is 8.02. The summed E-state index contributed by atoms with van der Waals surface area (Å²) in [7, 11) is 0. The predicted octanol–water partition coefficient (Wildman–Crippen LogP) is 6.23. The molecule has 0 saturated heterocycles. The van der Waals surface area contributed by atoms with Crippen molar-refractivity contribution in [1.29, 1.82) is 5.26 Å². The molecule has 1 unspecified atom stereocenters. The van der Waals surface area contributed by atoms with E-state index in [0.717, 1.165) is 44.4 Å². The molecule has 7 nitrogen and oxygen atoms in total. The third-order valence-electron chi connectivity index (χ3n) is 5.97. The third kappa shape index (κ3) is 5.30. The minimum absolute atomic E-state index is 0.154. The lowest BCUT2D eigenvalue weighted by molar-refractivity contribution is -0.115. The minimum Gasteiger partial charge on any atom is -0.462 e. The van der Waals surface area contributed by atoms with Crippen LogP contribution in [0.1, 0.15) is 63.1 Å². The summed E-state index contributed by atoms with van der Waals surface area (Å²) in [5.41, 5.74) is 4.64. The highest BCUT2D eigenvalue weighted by atomic mass is 32.2. The number of nitriles is 1. The fourth-order valence-electron chi connectivity index (χ4n) is 4.18. The van der Waals surface area contributed by atoms with Crippen molar-refractivity contribution >= 4 is 57.3 Å². The zero-order valence-corrected chi connectivity index (χ0v) is 23.4. The minimum atomic E-state index is -0.612. The molecule has 1 aromatic carbocycles. The number of aryl methyl sites for hydroxylation is 1. The van der Waals surface area contributed by atoms with E-state index in [1.54, 1.807) is 27.7 Å². The molecule has 1 aliphatic carbocycles. The van der Waals surface area contributed by atoms with Crippen LogP contribution in [0.15, 0.2) is 28.5 Å². The number of nitrogens with one attached hydrogen (secondary N) is 1. The van der Waals surface area contributed by atoms with E-state index in [1.807, 2.05) is 12.1 Å². The summed E-state index contributed by atoms with van der Waals surface area (Å²) in [6, 6.07) is 10.6. The van der Waals surface area contributed by atoms with E-state index < -0.39 is 17.2 Å². The molecular formula is C27H26N2O5S3. The number of thiophene rings is 2. The fourth-order valence-corrected chi connectivity index (χ4v) is 8.02. The first-order valence-corrected chi connectivity index (χ1v) is 14.4. The molecule has 1 atom stereocenters. The van der Waals surface area contributed by atoms with Crippen molar-refractivity contribution in [3.63, 3.8) is 0 Å². The Morgan fingerprint density at radius 3 is 2.51 bits per heavy atom. The van der Waals surface area contributed by atoms with E-state index in [1.165, 1.54) is 28.7 Å². The smallest absolute Gasteiger partial charge is 0.348 e. The first-order valence-electron chi connectivity index (χ1n) is 11.9. The maximum absolute atomic E-state index is 13.2. The summed E-state index contributed by atoms with van der Waals surface area (Å²) < 4.78 is 11.1. The SMILES string of the molecule is CCOC(=O)c1sc(NC(=O)C(C)Sc2sc3c(c2C#N)CCc2ccccc2-3)c(C(=O)OCC)c1C. The second kappa shape index (κ2) is 11.5. The molecule has 0 saturated carbocycles. The second-order valence-corrected chi connectivity index (χ2v) is 11.9. The summed E-state index contributed by atoms with van der Waals surface area (Å²) in [5, 5.41) is 12.4. The first-order chi connectivity index (χ1) is 17.8. The summed E-state index contributed by atoms with van der Waals surface area (Å²) >= 11 is 3.86. The molecule has 2 aromatic heterocycles. The Bertz CT molecular complexity index is 1420. The van der Waals surface area contributed by atoms with Crippen LogP contribution in [0.3, 0.4) is 0 Å². The second-order valence-electron chi connectivity index (χ2n) is 8.29. The normalized spacial score (nSPS) is 12.6. The van der Waals surface area contributed by atoms with Gasteiger partial charge in [-0.15, -0.1) is 34.4 Å². The van der Waals surface area contributed by atoms with Crippen LogP contribution in [0.25, 0.3) is 10.4 Å². The third-order valence-corrected chi connectivity index (χ3v) is 9.74. The van der Waals surface area contributed by atoms with Gasteiger partial charge in [0.15, 0.2) is 0 Å². The Morgan fingerprint density at radius 1 is 1.11 bits per heavy atom. The van der Waals surface area contributed by atoms with Gasteiger partial charge in [-0.25, -0.2) is 9.59 Å². The number of ether oxygens (including phenoxy) is 2. The summed E-state index contributed by atoms with van der Waals surface area (Å²) in [4.78, 5) is 39.6. The van der Waals surface area contributed by atoms with Gasteiger partial charge in [-0.1, -0.05) is 24.3 Å². The quantitative estimate of drug-likeness (QED) is 0.260. The lowest BCUT2D eigenvalue weighted by Gasteiger charge is -2.15. The maximum Gasteiger partial charge on any atom is 0.348 e. The molecule has 2 heterocycles. The van der Waals surface area contributed by atoms with Crippen molar-refractivity contribution in [2.75, 3.05) is 18.5 Å². The highest BCUT2D eigenvalue weighted by Gasteiger charge is 2.30. The number of fused-ring (bicyclic) bond motifs is 3. The molecule has 0 aliphatic heterocycles. The van der Waals surface area contributed by atoms with E-state index >= 15 is 0 Å². The van der Waals surface area contributed by atoms with Crippen LogP contribution in [0, 0.1) is 18.3 Å². The molecule has 10 heteroatoms. The van der Waals surface area contributed by atoms with Crippen LogP contribution in [-0.2, 0) is 27.1 Å². The van der Waals surface area contributed by atoms with Crippen LogP contribution in [0.5, 0.6) is 0 Å². The van der Waals surface area contributed by atoms with Crippen LogP contribution in [-0.4, -0.2) is 36.3 Å². The highest BCUT2D eigenvalue weighted by Crippen LogP contribution is 2.47. The Kier molecular flexibility index (Phi) is 8.37. The summed E-state index contributed by atoms with van der Waals surface area (Å²) in [6.07, 6.45) is 1.67. The van der Waals surface area contributed by atoms with Gasteiger partial charge in [-0.05, 0) is 62.8 Å². The van der Waals surface area contributed by atoms with Crippen molar-refractivity contribution in [3.8, 4) is 16.5 Å². The number of carbonyl (C=O) groups excluding carboxylic acids is 3. The van der Waals surface area contributed by atoms with Gasteiger partial charge in [0, 0.05) is 4.88 Å². The van der Waals surface area contributed by atoms with Gasteiger partial charge >= 0.3 is 11.9 Å². The number of anilines is 1. The largest absolute Gasteiger partial charge is 0.462 e. The molecule has 192 valence electrons. The monoisotopic (exact) mass is 554 g/mol. The van der Waals surface area contributed by atoms with Crippen molar-refractivity contribution in [1.82, 2.24) is 0 Å². The molecule has 4 rings (SSSR count). The molecule has 1 aliphatic rings. The number of carbonyl (C=O) groups is 3. The Labute approximate surface area is 227 Å². The van der Waals surface area contributed by atoms with E-state index in [9.17, 15) is 19.6 Å². The van der Waals surface area contributed by atoms with Gasteiger partial charge in [0.2, 0.25) is 5.91 Å². The summed E-state index contributed by atoms with van der Waals surface area (Å²) in [5.74, 6) is -1.51. The van der Waals surface area contributed by atoms with Crippen molar-refractivity contribution in [2.45, 2.75) is 50.0 Å². The number of esters is 2. The Balaban J connectivity index is 1.60. The van der Waals surface area contributed by atoms with E-state index in [0.29, 0.717) is 11.1 Å². The number of hydrogen-bond donors (Lipinski definition) is 1. The molecule has 37 heavy (non-hydrogen) atoms. The van der Waals surface area contributed by atoms with Crippen molar-refractivity contribution in [3.05, 3.63) is 57.0 Å². The molecule has 0 fully saturated rings. The first kappa shape index (κ1) is 26.9. The van der Waals surface area contributed by atoms with Crippen LogP contribution < -0.4 is 5.32 Å². The van der Waals surface area contributed by atoms with Crippen molar-refractivity contribution in [2.24, 2.45) is 0 Å². The number of hydrogen-bond acceptors (Lipinski definition) is 9. The van der Waals surface area contributed by atoms with E-state index in [2.05, 4.69) is 23.5 Å². The van der Waals surface area contributed by atoms with Gasteiger partial charge in [0.1, 0.15) is 15.9 Å². The van der Waals surface area contributed by atoms with Gasteiger partial charge in [0.25, 0.3) is 0 Å². The number of benzene rings is 1. The van der Waals surface area contributed by atoms with Gasteiger partial charge in [0.05, 0.1) is 33.8 Å². The number of thioether (sulfide) groups is 1. The van der Waals surface area contributed by atoms with Crippen molar-refractivity contribution < 1.29 is 23.9 Å². The molecule has 0 spiro atoms. The van der Waals surface area contributed by atoms with Gasteiger partial charge in [-0.2, -0.15) is 5.26 Å². The lowest BCUT2D eigenvalue weighted by atomic mass is 9.90. The topological polar surface area (TPSA) is 105 Å². The van der Waals surface area contributed by atoms with E-state index in [-0.39, 0.29) is 34.6 Å². The predicted molar refractivity (Wildman–Crippen MR) is 147 cm³/mol.